The molecule has 2 aromatic carbocycles. The monoisotopic (exact) mass is 410 g/mol. The first kappa shape index (κ1) is 21.4. The number of anilines is 1. The molecule has 1 saturated heterocycles. The number of hydrogen-bond acceptors (Lipinski definition) is 3. The predicted molar refractivity (Wildman–Crippen MR) is 120 cm³/mol. The van der Waals surface area contributed by atoms with Gasteiger partial charge in [-0.15, -0.1) is 11.8 Å². The molecule has 1 N–H and O–H groups in total. The molecule has 0 radical (unpaired) electrons. The molecule has 3 rings (SSSR count). The van der Waals surface area contributed by atoms with Crippen molar-refractivity contribution < 1.29 is 9.59 Å². The minimum atomic E-state index is -0.444. The van der Waals surface area contributed by atoms with Crippen LogP contribution in [0.1, 0.15) is 56.0 Å². The van der Waals surface area contributed by atoms with E-state index in [1.807, 2.05) is 68.1 Å². The van der Waals surface area contributed by atoms with Gasteiger partial charge in [0.2, 0.25) is 5.91 Å². The van der Waals surface area contributed by atoms with Gasteiger partial charge in [0.25, 0.3) is 5.91 Å². The fourth-order valence-corrected chi connectivity index (χ4v) is 4.19. The SMILES string of the molecule is CC(C)(C)C(=O)Nc1ccccc1SCc1cccc(C(=O)N2CCCCC2)c1. The van der Waals surface area contributed by atoms with Crippen LogP contribution in [0.2, 0.25) is 0 Å². The summed E-state index contributed by atoms with van der Waals surface area (Å²) in [7, 11) is 0. The molecule has 0 atom stereocenters. The second-order valence-corrected chi connectivity index (χ2v) is 9.56. The number of benzene rings is 2. The van der Waals surface area contributed by atoms with Gasteiger partial charge in [-0.3, -0.25) is 9.59 Å². The molecule has 2 amide bonds. The lowest BCUT2D eigenvalue weighted by molar-refractivity contribution is -0.123. The molecule has 29 heavy (non-hydrogen) atoms. The molecule has 0 saturated carbocycles. The van der Waals surface area contributed by atoms with Gasteiger partial charge in [-0.2, -0.15) is 0 Å². The van der Waals surface area contributed by atoms with E-state index in [9.17, 15) is 9.59 Å². The second-order valence-electron chi connectivity index (χ2n) is 8.54. The predicted octanol–water partition coefficient (Wildman–Crippen LogP) is 5.59. The van der Waals surface area contributed by atoms with Gasteiger partial charge in [-0.1, -0.05) is 45.0 Å². The number of likely N-dealkylation sites (tertiary alicyclic amines) is 1. The third-order valence-electron chi connectivity index (χ3n) is 5.03. The number of thioether (sulfide) groups is 1. The Morgan fingerprint density at radius 2 is 1.72 bits per heavy atom. The summed E-state index contributed by atoms with van der Waals surface area (Å²) in [5.74, 6) is 0.873. The van der Waals surface area contributed by atoms with Crippen molar-refractivity contribution in [1.29, 1.82) is 0 Å². The van der Waals surface area contributed by atoms with Gasteiger partial charge >= 0.3 is 0 Å². The molecule has 0 aliphatic carbocycles. The topological polar surface area (TPSA) is 49.4 Å². The first-order valence-corrected chi connectivity index (χ1v) is 11.2. The van der Waals surface area contributed by atoms with Crippen molar-refractivity contribution in [2.45, 2.75) is 50.7 Å². The maximum atomic E-state index is 12.8. The zero-order chi connectivity index (χ0) is 20.9. The van der Waals surface area contributed by atoms with Crippen LogP contribution in [0, 0.1) is 5.41 Å². The van der Waals surface area contributed by atoms with Gasteiger partial charge in [-0.25, -0.2) is 0 Å². The lowest BCUT2D eigenvalue weighted by Crippen LogP contribution is -2.35. The molecule has 0 spiro atoms. The number of carbonyl (C=O) groups excluding carboxylic acids is 2. The summed E-state index contributed by atoms with van der Waals surface area (Å²) >= 11 is 1.67. The molecule has 0 bridgehead atoms. The lowest BCUT2D eigenvalue weighted by atomic mass is 9.95. The third-order valence-corrected chi connectivity index (χ3v) is 6.17. The number of amides is 2. The van der Waals surface area contributed by atoms with Crippen LogP contribution in [-0.2, 0) is 10.5 Å². The van der Waals surface area contributed by atoms with E-state index >= 15 is 0 Å². The first-order chi connectivity index (χ1) is 13.8. The number of rotatable bonds is 5. The van der Waals surface area contributed by atoms with E-state index in [0.717, 1.165) is 53.4 Å². The Morgan fingerprint density at radius 1 is 1.00 bits per heavy atom. The molecule has 0 aromatic heterocycles. The third kappa shape index (κ3) is 5.86. The Kier molecular flexibility index (Phi) is 7.01. The molecular formula is C24H30N2O2S. The van der Waals surface area contributed by atoms with Gasteiger partial charge in [0.05, 0.1) is 5.69 Å². The van der Waals surface area contributed by atoms with Gasteiger partial charge in [0.1, 0.15) is 0 Å². The van der Waals surface area contributed by atoms with Crippen molar-refractivity contribution in [2.24, 2.45) is 5.41 Å². The Labute approximate surface area is 178 Å². The molecular weight excluding hydrogens is 380 g/mol. The Hall–Kier alpha value is -2.27. The van der Waals surface area contributed by atoms with Crippen LogP contribution in [0.3, 0.4) is 0 Å². The number of nitrogens with zero attached hydrogens (tertiary/aromatic N) is 1. The van der Waals surface area contributed by atoms with E-state index in [2.05, 4.69) is 11.4 Å². The van der Waals surface area contributed by atoms with Gasteiger partial charge < -0.3 is 10.2 Å². The van der Waals surface area contributed by atoms with E-state index in [1.54, 1.807) is 11.8 Å². The number of carbonyl (C=O) groups is 2. The molecule has 1 aliphatic heterocycles. The fraction of sp³-hybridized carbons (Fsp3) is 0.417. The summed E-state index contributed by atoms with van der Waals surface area (Å²) in [5, 5.41) is 3.04. The minimum Gasteiger partial charge on any atom is -0.339 e. The minimum absolute atomic E-state index is 0.000300. The Morgan fingerprint density at radius 3 is 2.45 bits per heavy atom. The second kappa shape index (κ2) is 9.49. The van der Waals surface area contributed by atoms with Gasteiger partial charge in [0, 0.05) is 34.7 Å². The van der Waals surface area contributed by atoms with Gasteiger partial charge in [0.15, 0.2) is 0 Å². The average Bonchev–Trinajstić information content (AvgIpc) is 2.72. The van der Waals surface area contributed by atoms with Crippen LogP contribution < -0.4 is 5.32 Å². The molecule has 0 unspecified atom stereocenters. The zero-order valence-electron chi connectivity index (χ0n) is 17.5. The van der Waals surface area contributed by atoms with Gasteiger partial charge in [-0.05, 0) is 49.1 Å². The van der Waals surface area contributed by atoms with Crippen molar-refractivity contribution in [1.82, 2.24) is 4.90 Å². The summed E-state index contributed by atoms with van der Waals surface area (Å²) in [4.78, 5) is 28.1. The van der Waals surface area contributed by atoms with E-state index in [1.165, 1.54) is 6.42 Å². The van der Waals surface area contributed by atoms with E-state index < -0.39 is 5.41 Å². The molecule has 4 nitrogen and oxygen atoms in total. The highest BCUT2D eigenvalue weighted by atomic mass is 32.2. The molecule has 154 valence electrons. The van der Waals surface area contributed by atoms with E-state index in [0.29, 0.717) is 0 Å². The molecule has 1 heterocycles. The summed E-state index contributed by atoms with van der Waals surface area (Å²) < 4.78 is 0. The van der Waals surface area contributed by atoms with Crippen molar-refractivity contribution in [3.63, 3.8) is 0 Å². The first-order valence-electron chi connectivity index (χ1n) is 10.3. The standard InChI is InChI=1S/C24H30N2O2S/c1-24(2,3)23(28)25-20-12-5-6-13-21(20)29-17-18-10-9-11-19(16-18)22(27)26-14-7-4-8-15-26/h5-6,9-13,16H,4,7-8,14-15,17H2,1-3H3,(H,25,28). The van der Waals surface area contributed by atoms with Crippen LogP contribution in [0.15, 0.2) is 53.4 Å². The van der Waals surface area contributed by atoms with Crippen LogP contribution in [-0.4, -0.2) is 29.8 Å². The van der Waals surface area contributed by atoms with Crippen molar-refractivity contribution in [3.05, 3.63) is 59.7 Å². The average molecular weight is 411 g/mol. The maximum Gasteiger partial charge on any atom is 0.253 e. The molecule has 2 aromatic rings. The van der Waals surface area contributed by atoms with E-state index in [4.69, 9.17) is 0 Å². The van der Waals surface area contributed by atoms with Crippen LogP contribution in [0.25, 0.3) is 0 Å². The lowest BCUT2D eigenvalue weighted by Gasteiger charge is -2.26. The highest BCUT2D eigenvalue weighted by Gasteiger charge is 2.22. The summed E-state index contributed by atoms with van der Waals surface area (Å²) in [6, 6.07) is 15.8. The fourth-order valence-electron chi connectivity index (χ4n) is 3.24. The number of nitrogens with one attached hydrogen (secondary N) is 1. The van der Waals surface area contributed by atoms with Crippen molar-refractivity contribution in [2.75, 3.05) is 18.4 Å². The normalized spacial score (nSPS) is 14.5. The highest BCUT2D eigenvalue weighted by Crippen LogP contribution is 2.31. The molecule has 1 fully saturated rings. The summed E-state index contributed by atoms with van der Waals surface area (Å²) in [6.07, 6.45) is 3.41. The largest absolute Gasteiger partial charge is 0.339 e. The van der Waals surface area contributed by atoms with E-state index in [-0.39, 0.29) is 11.8 Å². The summed E-state index contributed by atoms with van der Waals surface area (Å²) in [6.45, 7) is 7.44. The van der Waals surface area contributed by atoms with Crippen LogP contribution in [0.4, 0.5) is 5.69 Å². The number of para-hydroxylation sites is 1. The quantitative estimate of drug-likeness (QED) is 0.654. The number of piperidine rings is 1. The van der Waals surface area contributed by atoms with Crippen molar-refractivity contribution in [3.8, 4) is 0 Å². The summed E-state index contributed by atoms with van der Waals surface area (Å²) in [5.41, 5.74) is 2.26. The Balaban J connectivity index is 1.68. The maximum absolute atomic E-state index is 12.8. The molecule has 5 heteroatoms. The number of hydrogen-bond donors (Lipinski definition) is 1. The smallest absolute Gasteiger partial charge is 0.253 e. The molecule has 1 aliphatic rings. The van der Waals surface area contributed by atoms with Crippen molar-refractivity contribution >= 4 is 29.3 Å². The Bertz CT molecular complexity index is 867. The van der Waals surface area contributed by atoms with Crippen LogP contribution >= 0.6 is 11.8 Å². The zero-order valence-corrected chi connectivity index (χ0v) is 18.3. The van der Waals surface area contributed by atoms with Crippen LogP contribution in [0.5, 0.6) is 0 Å². The highest BCUT2D eigenvalue weighted by molar-refractivity contribution is 7.98.